The molecule has 20 heavy (non-hydrogen) atoms. The molecular formula is C15H17FN2O2. The van der Waals surface area contributed by atoms with Crippen molar-refractivity contribution in [3.63, 3.8) is 0 Å². The lowest BCUT2D eigenvalue weighted by Crippen LogP contribution is -2.38. The normalized spacial score (nSPS) is 14.4. The lowest BCUT2D eigenvalue weighted by atomic mass is 10.1. The second-order valence-electron chi connectivity index (χ2n) is 4.63. The van der Waals surface area contributed by atoms with Crippen LogP contribution in [0.25, 0.3) is 0 Å². The molecule has 2 amide bonds. The number of benzene rings is 1. The van der Waals surface area contributed by atoms with Gasteiger partial charge in [-0.2, -0.15) is 0 Å². The van der Waals surface area contributed by atoms with Gasteiger partial charge in [0.2, 0.25) is 0 Å². The van der Waals surface area contributed by atoms with E-state index < -0.39 is 5.82 Å². The Kier molecular flexibility index (Phi) is 4.97. The number of nitrogens with zero attached hydrogens (tertiary/aromatic N) is 1. The number of piperidine rings is 1. The second kappa shape index (κ2) is 6.92. The van der Waals surface area contributed by atoms with Gasteiger partial charge < -0.3 is 15.3 Å². The highest BCUT2D eigenvalue weighted by Gasteiger charge is 2.16. The molecule has 0 atom stereocenters. The minimum absolute atomic E-state index is 0.162. The van der Waals surface area contributed by atoms with E-state index in [4.69, 9.17) is 5.11 Å². The molecule has 1 aliphatic heterocycles. The van der Waals surface area contributed by atoms with Crippen LogP contribution in [0.4, 0.5) is 14.9 Å². The van der Waals surface area contributed by atoms with Gasteiger partial charge >= 0.3 is 6.03 Å². The number of halogens is 1. The number of aliphatic hydroxyl groups excluding tert-OH is 1. The van der Waals surface area contributed by atoms with Gasteiger partial charge in [0.15, 0.2) is 0 Å². The van der Waals surface area contributed by atoms with Gasteiger partial charge in [0.25, 0.3) is 0 Å². The van der Waals surface area contributed by atoms with Gasteiger partial charge in [-0.25, -0.2) is 9.18 Å². The molecular weight excluding hydrogens is 259 g/mol. The molecule has 0 spiro atoms. The lowest BCUT2D eigenvalue weighted by molar-refractivity contribution is 0.200. The van der Waals surface area contributed by atoms with Gasteiger partial charge in [-0.15, -0.1) is 0 Å². The highest BCUT2D eigenvalue weighted by Crippen LogP contribution is 2.16. The van der Waals surface area contributed by atoms with Crippen LogP contribution < -0.4 is 5.32 Å². The maximum absolute atomic E-state index is 13.5. The molecule has 4 nitrogen and oxygen atoms in total. The fourth-order valence-electron chi connectivity index (χ4n) is 2.13. The summed E-state index contributed by atoms with van der Waals surface area (Å²) in [4.78, 5) is 13.8. The Hall–Kier alpha value is -2.06. The maximum atomic E-state index is 13.5. The molecule has 106 valence electrons. The number of carbonyl (C=O) groups excluding carboxylic acids is 1. The van der Waals surface area contributed by atoms with Gasteiger partial charge in [-0.1, -0.05) is 11.8 Å². The molecule has 0 aromatic heterocycles. The number of hydrogen-bond acceptors (Lipinski definition) is 2. The zero-order chi connectivity index (χ0) is 14.4. The first-order chi connectivity index (χ1) is 9.70. The summed E-state index contributed by atoms with van der Waals surface area (Å²) in [6.07, 6.45) is 3.19. The van der Waals surface area contributed by atoms with E-state index in [1.54, 1.807) is 4.90 Å². The van der Waals surface area contributed by atoms with Crippen LogP contribution in [0.1, 0.15) is 24.8 Å². The molecule has 1 aromatic carbocycles. The first-order valence-electron chi connectivity index (χ1n) is 6.66. The monoisotopic (exact) mass is 276 g/mol. The molecule has 5 heteroatoms. The zero-order valence-electron chi connectivity index (χ0n) is 11.2. The number of aliphatic hydroxyl groups is 1. The Morgan fingerprint density at radius 3 is 2.80 bits per heavy atom. The number of urea groups is 1. The molecule has 2 rings (SSSR count). The number of likely N-dealkylation sites (tertiary alicyclic amines) is 1. The van der Waals surface area contributed by atoms with Crippen molar-refractivity contribution < 1.29 is 14.3 Å². The van der Waals surface area contributed by atoms with Crippen LogP contribution in [0, 0.1) is 17.7 Å². The largest absolute Gasteiger partial charge is 0.384 e. The van der Waals surface area contributed by atoms with Crippen LogP contribution in [0.15, 0.2) is 18.2 Å². The highest BCUT2D eigenvalue weighted by atomic mass is 19.1. The fourth-order valence-corrected chi connectivity index (χ4v) is 2.13. The number of rotatable bonds is 1. The van der Waals surface area contributed by atoms with Gasteiger partial charge in [0, 0.05) is 18.8 Å². The Bertz CT molecular complexity index is 543. The van der Waals surface area contributed by atoms with Crippen molar-refractivity contribution in [1.29, 1.82) is 0 Å². The van der Waals surface area contributed by atoms with Crippen molar-refractivity contribution in [2.45, 2.75) is 19.3 Å². The van der Waals surface area contributed by atoms with E-state index in [0.29, 0.717) is 5.69 Å². The smallest absolute Gasteiger partial charge is 0.321 e. The zero-order valence-corrected chi connectivity index (χ0v) is 11.2. The van der Waals surface area contributed by atoms with Crippen LogP contribution in [-0.4, -0.2) is 35.7 Å². The summed E-state index contributed by atoms with van der Waals surface area (Å²) >= 11 is 0. The van der Waals surface area contributed by atoms with Gasteiger partial charge in [-0.05, 0) is 37.5 Å². The van der Waals surface area contributed by atoms with Crippen molar-refractivity contribution in [3.05, 3.63) is 29.6 Å². The van der Waals surface area contributed by atoms with Crippen LogP contribution in [0.5, 0.6) is 0 Å². The van der Waals surface area contributed by atoms with Crippen LogP contribution in [0.3, 0.4) is 0 Å². The first-order valence-corrected chi connectivity index (χ1v) is 6.66. The summed E-state index contributed by atoms with van der Waals surface area (Å²) in [5.41, 5.74) is 0.666. The Labute approximate surface area is 117 Å². The summed E-state index contributed by atoms with van der Waals surface area (Å²) in [5, 5.41) is 11.4. The van der Waals surface area contributed by atoms with Crippen molar-refractivity contribution in [2.75, 3.05) is 25.0 Å². The molecule has 0 saturated carbocycles. The van der Waals surface area contributed by atoms with E-state index in [9.17, 15) is 9.18 Å². The fraction of sp³-hybridized carbons (Fsp3) is 0.400. The number of amides is 2. The first kappa shape index (κ1) is 14.4. The topological polar surface area (TPSA) is 52.6 Å². The summed E-state index contributed by atoms with van der Waals surface area (Å²) < 4.78 is 13.5. The number of nitrogens with one attached hydrogen (secondary N) is 1. The SMILES string of the molecule is O=C(Nc1ccc(F)c(C#CCO)c1)N1CCCCC1. The van der Waals surface area contributed by atoms with Crippen molar-refractivity contribution in [1.82, 2.24) is 4.90 Å². The number of carbonyl (C=O) groups is 1. The Balaban J connectivity index is 2.07. The maximum Gasteiger partial charge on any atom is 0.321 e. The standard InChI is InChI=1S/C15H17FN2O2/c16-14-7-6-13(11-12(14)5-4-10-19)17-15(20)18-8-2-1-3-9-18/h6-7,11,19H,1-3,8-10H2,(H,17,20). The summed E-state index contributed by atoms with van der Waals surface area (Å²) in [6.45, 7) is 1.18. The molecule has 0 bridgehead atoms. The third kappa shape index (κ3) is 3.72. The molecule has 1 fully saturated rings. The van der Waals surface area contributed by atoms with E-state index in [1.807, 2.05) is 0 Å². The minimum atomic E-state index is -0.470. The van der Waals surface area contributed by atoms with Gasteiger partial charge in [0.05, 0.1) is 5.56 Å². The van der Waals surface area contributed by atoms with Crippen LogP contribution in [-0.2, 0) is 0 Å². The third-order valence-corrected chi connectivity index (χ3v) is 3.16. The van der Waals surface area contributed by atoms with Gasteiger partial charge in [-0.3, -0.25) is 0 Å². The van der Waals surface area contributed by atoms with Crippen LogP contribution in [0.2, 0.25) is 0 Å². The Morgan fingerprint density at radius 1 is 1.35 bits per heavy atom. The number of hydrogen-bond donors (Lipinski definition) is 2. The minimum Gasteiger partial charge on any atom is -0.384 e. The van der Waals surface area contributed by atoms with E-state index in [0.717, 1.165) is 32.4 Å². The van der Waals surface area contributed by atoms with Crippen molar-refractivity contribution in [2.24, 2.45) is 0 Å². The molecule has 1 aliphatic rings. The summed E-state index contributed by atoms with van der Waals surface area (Å²) in [7, 11) is 0. The molecule has 1 heterocycles. The molecule has 0 radical (unpaired) electrons. The van der Waals surface area contributed by atoms with Crippen LogP contribution >= 0.6 is 0 Å². The van der Waals surface area contributed by atoms with Gasteiger partial charge in [0.1, 0.15) is 12.4 Å². The average molecular weight is 276 g/mol. The third-order valence-electron chi connectivity index (χ3n) is 3.16. The second-order valence-corrected chi connectivity index (χ2v) is 4.63. The number of anilines is 1. The quantitative estimate of drug-likeness (QED) is 0.773. The summed E-state index contributed by atoms with van der Waals surface area (Å²) in [5.74, 6) is 4.44. The van der Waals surface area contributed by atoms with E-state index in [2.05, 4.69) is 17.2 Å². The van der Waals surface area contributed by atoms with Crippen molar-refractivity contribution in [3.8, 4) is 11.8 Å². The summed E-state index contributed by atoms with van der Waals surface area (Å²) in [6, 6.07) is 4.06. The molecule has 1 saturated heterocycles. The molecule has 2 N–H and O–H groups in total. The average Bonchev–Trinajstić information content (AvgIpc) is 2.48. The molecule has 0 aliphatic carbocycles. The van der Waals surface area contributed by atoms with E-state index >= 15 is 0 Å². The van der Waals surface area contributed by atoms with E-state index in [-0.39, 0.29) is 18.2 Å². The molecule has 1 aromatic rings. The van der Waals surface area contributed by atoms with Crippen molar-refractivity contribution >= 4 is 11.7 Å². The molecule has 0 unspecified atom stereocenters. The lowest BCUT2D eigenvalue weighted by Gasteiger charge is -2.26. The Morgan fingerprint density at radius 2 is 2.10 bits per heavy atom. The predicted octanol–water partition coefficient (Wildman–Crippen LogP) is 2.19. The highest BCUT2D eigenvalue weighted by molar-refractivity contribution is 5.89. The predicted molar refractivity (Wildman–Crippen MR) is 74.8 cm³/mol. The van der Waals surface area contributed by atoms with E-state index in [1.165, 1.54) is 18.2 Å².